The maximum absolute atomic E-state index is 12.9. The number of nitrogens with zero attached hydrogens (tertiary/aromatic N) is 2. The van der Waals surface area contributed by atoms with Crippen LogP contribution in [0.1, 0.15) is 27.7 Å². The molecule has 0 bridgehead atoms. The maximum Gasteiger partial charge on any atom is 0.227 e. The number of halogens is 1. The van der Waals surface area contributed by atoms with Crippen molar-refractivity contribution in [3.05, 3.63) is 30.1 Å². The van der Waals surface area contributed by atoms with Crippen molar-refractivity contribution < 1.29 is 13.9 Å². The average Bonchev–Trinajstić information content (AvgIpc) is 2.60. The minimum Gasteiger partial charge on any atom is -0.492 e. The van der Waals surface area contributed by atoms with Crippen LogP contribution in [0.25, 0.3) is 0 Å². The van der Waals surface area contributed by atoms with Gasteiger partial charge in [0, 0.05) is 20.1 Å². The SMILES string of the molecule is CCNC(=O)C(C)(C)CN=C(NCC)N(C)CCOc1ccc(F)cc1. The molecule has 1 rings (SSSR count). The molecule has 0 atom stereocenters. The number of guanidine groups is 1. The molecule has 0 radical (unpaired) electrons. The van der Waals surface area contributed by atoms with Gasteiger partial charge in [-0.15, -0.1) is 0 Å². The van der Waals surface area contributed by atoms with Crippen molar-refractivity contribution in [3.8, 4) is 5.75 Å². The first-order valence-electron chi connectivity index (χ1n) is 8.96. The van der Waals surface area contributed by atoms with Crippen LogP contribution in [0.5, 0.6) is 5.75 Å². The Balaban J connectivity index is 2.60. The molecular weight excluding hydrogens is 335 g/mol. The summed E-state index contributed by atoms with van der Waals surface area (Å²) in [6, 6.07) is 5.94. The van der Waals surface area contributed by atoms with E-state index in [2.05, 4.69) is 15.6 Å². The van der Waals surface area contributed by atoms with Crippen LogP contribution in [0.15, 0.2) is 29.3 Å². The lowest BCUT2D eigenvalue weighted by atomic mass is 9.92. The van der Waals surface area contributed by atoms with Crippen LogP contribution in [0.4, 0.5) is 4.39 Å². The molecule has 0 heterocycles. The molecule has 26 heavy (non-hydrogen) atoms. The summed E-state index contributed by atoms with van der Waals surface area (Å²) < 4.78 is 18.5. The lowest BCUT2D eigenvalue weighted by molar-refractivity contribution is -0.128. The van der Waals surface area contributed by atoms with Gasteiger partial charge in [-0.3, -0.25) is 9.79 Å². The van der Waals surface area contributed by atoms with Crippen molar-refractivity contribution in [1.82, 2.24) is 15.5 Å². The Hall–Kier alpha value is -2.31. The highest BCUT2D eigenvalue weighted by atomic mass is 19.1. The number of benzene rings is 1. The number of rotatable bonds is 9. The predicted octanol–water partition coefficient (Wildman–Crippen LogP) is 2.26. The van der Waals surface area contributed by atoms with E-state index < -0.39 is 5.41 Å². The van der Waals surface area contributed by atoms with E-state index in [1.54, 1.807) is 12.1 Å². The van der Waals surface area contributed by atoms with E-state index in [4.69, 9.17) is 4.74 Å². The first kappa shape index (κ1) is 21.7. The Kier molecular flexibility index (Phi) is 8.88. The molecule has 0 aliphatic heterocycles. The molecule has 146 valence electrons. The number of nitrogens with one attached hydrogen (secondary N) is 2. The summed E-state index contributed by atoms with van der Waals surface area (Å²) in [6.45, 7) is 10.4. The lowest BCUT2D eigenvalue weighted by Gasteiger charge is -2.25. The van der Waals surface area contributed by atoms with Gasteiger partial charge >= 0.3 is 0 Å². The summed E-state index contributed by atoms with van der Waals surface area (Å²) in [4.78, 5) is 18.6. The van der Waals surface area contributed by atoms with Crippen molar-refractivity contribution in [2.24, 2.45) is 10.4 Å². The van der Waals surface area contributed by atoms with Crippen molar-refractivity contribution in [2.75, 3.05) is 39.8 Å². The fourth-order valence-corrected chi connectivity index (χ4v) is 2.15. The minimum atomic E-state index is -0.581. The van der Waals surface area contributed by atoms with Gasteiger partial charge in [0.25, 0.3) is 0 Å². The number of ether oxygens (including phenoxy) is 1. The van der Waals surface area contributed by atoms with Gasteiger partial charge < -0.3 is 20.3 Å². The molecule has 0 fully saturated rings. The lowest BCUT2D eigenvalue weighted by Crippen LogP contribution is -2.43. The Bertz CT molecular complexity index is 588. The van der Waals surface area contributed by atoms with E-state index in [0.29, 0.717) is 38.0 Å². The molecule has 0 spiro atoms. The van der Waals surface area contributed by atoms with Crippen LogP contribution in [-0.4, -0.2) is 56.6 Å². The maximum atomic E-state index is 12.9. The minimum absolute atomic E-state index is 0.0121. The van der Waals surface area contributed by atoms with Gasteiger partial charge in [0.2, 0.25) is 5.91 Å². The molecule has 2 N–H and O–H groups in total. The van der Waals surface area contributed by atoms with Gasteiger partial charge in [-0.25, -0.2) is 4.39 Å². The van der Waals surface area contributed by atoms with Gasteiger partial charge in [0.1, 0.15) is 18.2 Å². The third-order valence-corrected chi connectivity index (χ3v) is 3.78. The van der Waals surface area contributed by atoms with Gasteiger partial charge in [0.05, 0.1) is 18.5 Å². The smallest absolute Gasteiger partial charge is 0.227 e. The van der Waals surface area contributed by atoms with E-state index in [9.17, 15) is 9.18 Å². The fraction of sp³-hybridized carbons (Fsp3) is 0.579. The molecule has 0 saturated carbocycles. The number of carbonyl (C=O) groups is 1. The second-order valence-electron chi connectivity index (χ2n) is 6.64. The second-order valence-corrected chi connectivity index (χ2v) is 6.64. The Morgan fingerprint density at radius 1 is 1.19 bits per heavy atom. The van der Waals surface area contributed by atoms with Gasteiger partial charge in [0.15, 0.2) is 5.96 Å². The van der Waals surface area contributed by atoms with Crippen LogP contribution in [0, 0.1) is 11.2 Å². The van der Waals surface area contributed by atoms with Gasteiger partial charge in [-0.2, -0.15) is 0 Å². The third kappa shape index (κ3) is 7.29. The molecule has 0 saturated heterocycles. The van der Waals surface area contributed by atoms with E-state index in [1.807, 2.05) is 39.6 Å². The summed E-state index contributed by atoms with van der Waals surface area (Å²) in [5, 5.41) is 6.06. The predicted molar refractivity (Wildman–Crippen MR) is 103 cm³/mol. The highest BCUT2D eigenvalue weighted by Gasteiger charge is 2.27. The molecule has 0 aliphatic rings. The Morgan fingerprint density at radius 2 is 1.81 bits per heavy atom. The number of carbonyl (C=O) groups excluding carboxylic acids is 1. The Labute approximate surface area is 155 Å². The largest absolute Gasteiger partial charge is 0.492 e. The first-order chi connectivity index (χ1) is 12.3. The monoisotopic (exact) mass is 366 g/mol. The zero-order chi connectivity index (χ0) is 19.6. The fourth-order valence-electron chi connectivity index (χ4n) is 2.15. The number of aliphatic imine (C=N–C) groups is 1. The average molecular weight is 366 g/mol. The molecule has 7 heteroatoms. The highest BCUT2D eigenvalue weighted by Crippen LogP contribution is 2.16. The molecule has 6 nitrogen and oxygen atoms in total. The number of hydrogen-bond acceptors (Lipinski definition) is 3. The quantitative estimate of drug-likeness (QED) is 0.520. The molecule has 1 aromatic carbocycles. The first-order valence-corrected chi connectivity index (χ1v) is 8.96. The van der Waals surface area contributed by atoms with Crippen LogP contribution in [-0.2, 0) is 4.79 Å². The molecular formula is C19H31FN4O2. The van der Waals surface area contributed by atoms with Crippen LogP contribution < -0.4 is 15.4 Å². The molecule has 1 amide bonds. The van der Waals surface area contributed by atoms with Crippen molar-refractivity contribution in [1.29, 1.82) is 0 Å². The van der Waals surface area contributed by atoms with Gasteiger partial charge in [-0.1, -0.05) is 0 Å². The normalized spacial score (nSPS) is 11.8. The second kappa shape index (κ2) is 10.6. The summed E-state index contributed by atoms with van der Waals surface area (Å²) in [5.41, 5.74) is -0.581. The van der Waals surface area contributed by atoms with Crippen LogP contribution >= 0.6 is 0 Å². The molecule has 0 aromatic heterocycles. The third-order valence-electron chi connectivity index (χ3n) is 3.78. The molecule has 1 aromatic rings. The summed E-state index contributed by atoms with van der Waals surface area (Å²) in [6.07, 6.45) is 0. The summed E-state index contributed by atoms with van der Waals surface area (Å²) >= 11 is 0. The van der Waals surface area contributed by atoms with E-state index in [-0.39, 0.29) is 11.7 Å². The van der Waals surface area contributed by atoms with Crippen molar-refractivity contribution in [2.45, 2.75) is 27.7 Å². The highest BCUT2D eigenvalue weighted by molar-refractivity contribution is 5.83. The number of hydrogen-bond donors (Lipinski definition) is 2. The van der Waals surface area contributed by atoms with Crippen LogP contribution in [0.2, 0.25) is 0 Å². The number of amides is 1. The number of likely N-dealkylation sites (N-methyl/N-ethyl adjacent to an activating group) is 1. The Morgan fingerprint density at radius 3 is 2.38 bits per heavy atom. The summed E-state index contributed by atoms with van der Waals surface area (Å²) in [5.74, 6) is 1.04. The van der Waals surface area contributed by atoms with Crippen molar-refractivity contribution in [3.63, 3.8) is 0 Å². The van der Waals surface area contributed by atoms with Crippen LogP contribution in [0.3, 0.4) is 0 Å². The van der Waals surface area contributed by atoms with Crippen molar-refractivity contribution >= 4 is 11.9 Å². The zero-order valence-electron chi connectivity index (χ0n) is 16.4. The zero-order valence-corrected chi connectivity index (χ0v) is 16.4. The molecule has 0 unspecified atom stereocenters. The molecule has 0 aliphatic carbocycles. The standard InChI is InChI=1S/C19H31FN4O2/c1-6-21-17(25)19(3,4)14-23-18(22-7-2)24(5)12-13-26-16-10-8-15(20)9-11-16/h8-11H,6-7,12-14H2,1-5H3,(H,21,25)(H,22,23). The van der Waals surface area contributed by atoms with E-state index in [0.717, 1.165) is 6.54 Å². The van der Waals surface area contributed by atoms with E-state index in [1.165, 1.54) is 12.1 Å². The summed E-state index contributed by atoms with van der Waals surface area (Å²) in [7, 11) is 1.91. The van der Waals surface area contributed by atoms with Gasteiger partial charge in [-0.05, 0) is 52.0 Å². The van der Waals surface area contributed by atoms with E-state index >= 15 is 0 Å². The topological polar surface area (TPSA) is 66.0 Å².